The molecule has 0 aliphatic heterocycles. The Morgan fingerprint density at radius 2 is 1.74 bits per heavy atom. The summed E-state index contributed by atoms with van der Waals surface area (Å²) in [7, 11) is 0. The molecule has 2 nitrogen and oxygen atoms in total. The highest BCUT2D eigenvalue weighted by Gasteiger charge is 2.34. The predicted molar refractivity (Wildman–Crippen MR) is 54.5 cm³/mol. The average molecular weight is 308 g/mol. The van der Waals surface area contributed by atoms with Crippen molar-refractivity contribution in [2.24, 2.45) is 0 Å². The fourth-order valence-electron chi connectivity index (χ4n) is 1.31. The lowest BCUT2D eigenvalue weighted by molar-refractivity contribution is -0.141. The highest BCUT2D eigenvalue weighted by molar-refractivity contribution is 6.30. The van der Waals surface area contributed by atoms with Crippen LogP contribution >= 0.6 is 11.6 Å². The van der Waals surface area contributed by atoms with Gasteiger partial charge in [0.05, 0.1) is 6.10 Å². The zero-order valence-corrected chi connectivity index (χ0v) is 9.94. The lowest BCUT2D eigenvalue weighted by atomic mass is 10.1. The number of rotatable bonds is 3. The molecular weight excluding hydrogens is 300 g/mol. The lowest BCUT2D eigenvalue weighted by Gasteiger charge is -2.14. The summed E-state index contributed by atoms with van der Waals surface area (Å²) >= 11 is 5.43. The smallest absolute Gasteiger partial charge is 0.388 e. The van der Waals surface area contributed by atoms with E-state index in [0.717, 1.165) is 6.07 Å². The Bertz CT molecular complexity index is 445. The van der Waals surface area contributed by atoms with E-state index < -0.39 is 42.1 Å². The molecule has 0 aromatic carbocycles. The molecule has 0 spiro atoms. The van der Waals surface area contributed by atoms with Gasteiger partial charge in [-0.3, -0.25) is 0 Å². The van der Waals surface area contributed by atoms with E-state index in [1.54, 1.807) is 0 Å². The number of pyridine rings is 1. The van der Waals surface area contributed by atoms with Crippen LogP contribution in [0.15, 0.2) is 12.1 Å². The SMILES string of the molecule is OC(CCC(F)(F)F)c1ccc(C(F)(F)F)nc1Cl. The van der Waals surface area contributed by atoms with Gasteiger partial charge in [0.15, 0.2) is 0 Å². The Balaban J connectivity index is 2.85. The van der Waals surface area contributed by atoms with E-state index in [1.165, 1.54) is 0 Å². The van der Waals surface area contributed by atoms with E-state index in [1.807, 2.05) is 0 Å². The molecule has 1 atom stereocenters. The van der Waals surface area contributed by atoms with Crippen molar-refractivity contribution in [2.75, 3.05) is 0 Å². The molecule has 108 valence electrons. The molecule has 0 radical (unpaired) electrons. The minimum absolute atomic E-state index is 0.265. The van der Waals surface area contributed by atoms with Crippen LogP contribution in [0.25, 0.3) is 0 Å². The number of halogens is 7. The molecule has 1 rings (SSSR count). The normalized spacial score (nSPS) is 14.5. The first kappa shape index (κ1) is 16.0. The van der Waals surface area contributed by atoms with Gasteiger partial charge in [-0.05, 0) is 12.5 Å². The van der Waals surface area contributed by atoms with Gasteiger partial charge in [-0.15, -0.1) is 0 Å². The third kappa shape index (κ3) is 4.87. The third-order valence-corrected chi connectivity index (χ3v) is 2.53. The van der Waals surface area contributed by atoms with Crippen molar-refractivity contribution >= 4 is 11.6 Å². The average Bonchev–Trinajstić information content (AvgIpc) is 2.23. The van der Waals surface area contributed by atoms with E-state index in [9.17, 15) is 31.4 Å². The van der Waals surface area contributed by atoms with Gasteiger partial charge in [-0.25, -0.2) is 4.98 Å². The van der Waals surface area contributed by atoms with Crippen molar-refractivity contribution in [3.8, 4) is 0 Å². The number of hydrogen-bond donors (Lipinski definition) is 1. The maximum atomic E-state index is 12.3. The highest BCUT2D eigenvalue weighted by Crippen LogP contribution is 2.33. The topological polar surface area (TPSA) is 33.1 Å². The minimum Gasteiger partial charge on any atom is -0.388 e. The molecular formula is C10H8ClF6NO. The monoisotopic (exact) mass is 307 g/mol. The van der Waals surface area contributed by atoms with Gasteiger partial charge in [0.2, 0.25) is 0 Å². The first-order valence-corrected chi connectivity index (χ1v) is 5.37. The molecule has 19 heavy (non-hydrogen) atoms. The van der Waals surface area contributed by atoms with Gasteiger partial charge in [-0.1, -0.05) is 17.7 Å². The number of alkyl halides is 6. The van der Waals surface area contributed by atoms with E-state index >= 15 is 0 Å². The molecule has 0 bridgehead atoms. The van der Waals surface area contributed by atoms with Gasteiger partial charge in [0, 0.05) is 12.0 Å². The maximum Gasteiger partial charge on any atom is 0.433 e. The Hall–Kier alpha value is -1.02. The summed E-state index contributed by atoms with van der Waals surface area (Å²) in [6, 6.07) is 1.37. The second kappa shape index (κ2) is 5.54. The number of aliphatic hydroxyl groups is 1. The second-order valence-electron chi connectivity index (χ2n) is 3.74. The molecule has 1 aromatic heterocycles. The second-order valence-corrected chi connectivity index (χ2v) is 4.10. The molecule has 0 fully saturated rings. The number of hydrogen-bond acceptors (Lipinski definition) is 2. The van der Waals surface area contributed by atoms with Crippen LogP contribution in [0.1, 0.15) is 30.2 Å². The molecule has 1 heterocycles. The zero-order valence-electron chi connectivity index (χ0n) is 9.19. The summed E-state index contributed by atoms with van der Waals surface area (Å²) in [4.78, 5) is 3.01. The molecule has 1 aromatic rings. The van der Waals surface area contributed by atoms with E-state index in [4.69, 9.17) is 11.6 Å². The van der Waals surface area contributed by atoms with Crippen LogP contribution in [-0.2, 0) is 6.18 Å². The Morgan fingerprint density at radius 1 is 1.16 bits per heavy atom. The highest BCUT2D eigenvalue weighted by atomic mass is 35.5. The molecule has 1 N–H and O–H groups in total. The summed E-state index contributed by atoms with van der Waals surface area (Å²) in [5, 5.41) is 8.79. The van der Waals surface area contributed by atoms with Crippen molar-refractivity contribution in [1.29, 1.82) is 0 Å². The van der Waals surface area contributed by atoms with Crippen molar-refractivity contribution < 1.29 is 31.4 Å². The molecule has 9 heteroatoms. The molecule has 0 saturated heterocycles. The van der Waals surface area contributed by atoms with Crippen LogP contribution in [0.3, 0.4) is 0 Å². The number of aromatic nitrogens is 1. The first-order valence-electron chi connectivity index (χ1n) is 4.99. The molecule has 0 saturated carbocycles. The Kier molecular flexibility index (Phi) is 4.67. The first-order chi connectivity index (χ1) is 8.50. The van der Waals surface area contributed by atoms with Crippen LogP contribution in [-0.4, -0.2) is 16.3 Å². The summed E-state index contributed by atoms with van der Waals surface area (Å²) in [6.45, 7) is 0. The van der Waals surface area contributed by atoms with Crippen molar-refractivity contribution in [3.05, 3.63) is 28.5 Å². The molecule has 1 unspecified atom stereocenters. The molecule has 0 amide bonds. The van der Waals surface area contributed by atoms with Gasteiger partial charge in [-0.2, -0.15) is 26.3 Å². The van der Waals surface area contributed by atoms with Gasteiger partial charge < -0.3 is 5.11 Å². The summed E-state index contributed by atoms with van der Waals surface area (Å²) in [6.07, 6.45) is -12.8. The standard InChI is InChI=1S/C10H8ClF6NO/c11-8-5(6(19)3-4-9(12,13)14)1-2-7(18-8)10(15,16)17/h1-2,6,19H,3-4H2. The minimum atomic E-state index is -4.71. The van der Waals surface area contributed by atoms with Crippen LogP contribution in [0.4, 0.5) is 26.3 Å². The van der Waals surface area contributed by atoms with Gasteiger partial charge in [0.1, 0.15) is 10.8 Å². The zero-order chi connectivity index (χ0) is 14.8. The summed E-state index contributed by atoms with van der Waals surface area (Å²) in [5.41, 5.74) is -1.54. The van der Waals surface area contributed by atoms with E-state index in [2.05, 4.69) is 4.98 Å². The summed E-state index contributed by atoms with van der Waals surface area (Å²) < 4.78 is 72.7. The predicted octanol–water partition coefficient (Wildman–Crippen LogP) is 4.13. The fraction of sp³-hybridized carbons (Fsp3) is 0.500. The largest absolute Gasteiger partial charge is 0.433 e. The summed E-state index contributed by atoms with van der Waals surface area (Å²) in [5.74, 6) is 0. The van der Waals surface area contributed by atoms with Crippen LogP contribution in [0.2, 0.25) is 5.15 Å². The van der Waals surface area contributed by atoms with E-state index in [-0.39, 0.29) is 5.56 Å². The molecule has 0 aliphatic carbocycles. The fourth-order valence-corrected chi connectivity index (χ4v) is 1.59. The quantitative estimate of drug-likeness (QED) is 0.673. The van der Waals surface area contributed by atoms with Crippen LogP contribution in [0, 0.1) is 0 Å². The van der Waals surface area contributed by atoms with Crippen molar-refractivity contribution in [3.63, 3.8) is 0 Å². The van der Waals surface area contributed by atoms with E-state index in [0.29, 0.717) is 6.07 Å². The van der Waals surface area contributed by atoms with Gasteiger partial charge in [0.25, 0.3) is 0 Å². The Labute approximate surface area is 109 Å². The third-order valence-electron chi connectivity index (χ3n) is 2.23. The van der Waals surface area contributed by atoms with Crippen molar-refractivity contribution in [2.45, 2.75) is 31.3 Å². The van der Waals surface area contributed by atoms with Crippen LogP contribution in [0.5, 0.6) is 0 Å². The molecule has 0 aliphatic rings. The maximum absolute atomic E-state index is 12.3. The van der Waals surface area contributed by atoms with Gasteiger partial charge >= 0.3 is 12.4 Å². The lowest BCUT2D eigenvalue weighted by Crippen LogP contribution is -2.12. The number of aliphatic hydroxyl groups excluding tert-OH is 1. The Morgan fingerprint density at radius 3 is 2.16 bits per heavy atom. The van der Waals surface area contributed by atoms with Crippen LogP contribution < -0.4 is 0 Å². The van der Waals surface area contributed by atoms with Crippen molar-refractivity contribution in [1.82, 2.24) is 4.98 Å². The number of nitrogens with zero attached hydrogens (tertiary/aromatic N) is 1.